The second-order valence-corrected chi connectivity index (χ2v) is 4.94. The van der Waals surface area contributed by atoms with Crippen LogP contribution in [0, 0.1) is 6.92 Å². The Bertz CT molecular complexity index is 574. The topological polar surface area (TPSA) is 71.2 Å². The van der Waals surface area contributed by atoms with Gasteiger partial charge in [0.25, 0.3) is 0 Å². The summed E-state index contributed by atoms with van der Waals surface area (Å²) < 4.78 is 0. The molecule has 0 saturated carbocycles. The van der Waals surface area contributed by atoms with Crippen LogP contribution in [0.5, 0.6) is 0 Å². The van der Waals surface area contributed by atoms with Gasteiger partial charge in [0.2, 0.25) is 0 Å². The number of rotatable bonds is 2. The van der Waals surface area contributed by atoms with Gasteiger partial charge in [-0.2, -0.15) is 0 Å². The number of hydrogen-bond donors (Lipinski definition) is 1. The first kappa shape index (κ1) is 12.7. The highest BCUT2D eigenvalue weighted by molar-refractivity contribution is 5.48. The molecule has 6 nitrogen and oxygen atoms in total. The zero-order valence-electron chi connectivity index (χ0n) is 11.5. The van der Waals surface area contributed by atoms with Crippen molar-refractivity contribution in [3.63, 3.8) is 0 Å². The molecule has 0 unspecified atom stereocenters. The molecular weight excluding hydrogens is 252 g/mol. The lowest BCUT2D eigenvalue weighted by Gasteiger charge is -2.36. The van der Waals surface area contributed by atoms with Crippen molar-refractivity contribution in [3.8, 4) is 0 Å². The molecule has 1 aliphatic heterocycles. The Kier molecular flexibility index (Phi) is 3.37. The summed E-state index contributed by atoms with van der Waals surface area (Å²) in [6.45, 7) is 5.71. The van der Waals surface area contributed by atoms with Crippen LogP contribution in [-0.2, 0) is 0 Å². The maximum absolute atomic E-state index is 5.66. The minimum Gasteiger partial charge on any atom is -0.397 e. The lowest BCUT2D eigenvalue weighted by atomic mass is 10.3. The van der Waals surface area contributed by atoms with E-state index in [9.17, 15) is 0 Å². The molecule has 0 atom stereocenters. The largest absolute Gasteiger partial charge is 0.397 e. The third-order valence-electron chi connectivity index (χ3n) is 3.49. The molecule has 1 aliphatic rings. The Morgan fingerprint density at radius 1 is 0.950 bits per heavy atom. The first-order chi connectivity index (χ1) is 9.72. The average Bonchev–Trinajstić information content (AvgIpc) is 2.48. The highest BCUT2D eigenvalue weighted by Crippen LogP contribution is 2.18. The van der Waals surface area contributed by atoms with E-state index in [0.717, 1.165) is 43.5 Å². The van der Waals surface area contributed by atoms with Crippen molar-refractivity contribution in [2.75, 3.05) is 41.7 Å². The smallest absolute Gasteiger partial charge is 0.132 e. The van der Waals surface area contributed by atoms with Crippen LogP contribution < -0.4 is 15.5 Å². The van der Waals surface area contributed by atoms with Crippen LogP contribution in [0.1, 0.15) is 5.69 Å². The molecule has 0 radical (unpaired) electrons. The second-order valence-electron chi connectivity index (χ2n) is 4.94. The van der Waals surface area contributed by atoms with Crippen molar-refractivity contribution in [1.82, 2.24) is 15.0 Å². The minimum atomic E-state index is 0.698. The van der Waals surface area contributed by atoms with Gasteiger partial charge in [0, 0.05) is 37.9 Å². The van der Waals surface area contributed by atoms with Crippen LogP contribution in [0.2, 0.25) is 0 Å². The van der Waals surface area contributed by atoms with E-state index in [1.807, 2.05) is 25.1 Å². The number of pyridine rings is 1. The van der Waals surface area contributed by atoms with Crippen LogP contribution in [0.4, 0.5) is 17.3 Å². The molecular formula is C14H18N6. The van der Waals surface area contributed by atoms with Gasteiger partial charge in [-0.1, -0.05) is 0 Å². The summed E-state index contributed by atoms with van der Waals surface area (Å²) in [7, 11) is 0. The fraction of sp³-hybridized carbons (Fsp3) is 0.357. The Balaban J connectivity index is 1.66. The lowest BCUT2D eigenvalue weighted by molar-refractivity contribution is 0.640. The number of piperazine rings is 1. The molecule has 3 rings (SSSR count). The van der Waals surface area contributed by atoms with Crippen molar-refractivity contribution < 1.29 is 0 Å². The maximum atomic E-state index is 5.66. The third kappa shape index (κ3) is 2.64. The zero-order chi connectivity index (χ0) is 13.9. The van der Waals surface area contributed by atoms with E-state index in [2.05, 4.69) is 24.8 Å². The number of nitrogen functional groups attached to an aromatic ring is 1. The van der Waals surface area contributed by atoms with Crippen LogP contribution >= 0.6 is 0 Å². The van der Waals surface area contributed by atoms with Crippen molar-refractivity contribution in [2.24, 2.45) is 0 Å². The number of aryl methyl sites for hydroxylation is 1. The van der Waals surface area contributed by atoms with Crippen LogP contribution in [0.25, 0.3) is 0 Å². The molecule has 0 amide bonds. The first-order valence-electron chi connectivity index (χ1n) is 6.72. The molecule has 0 bridgehead atoms. The SMILES string of the molecule is Cc1cc(N2CCN(c3ccc(N)cn3)CC2)ncn1. The summed E-state index contributed by atoms with van der Waals surface area (Å²) in [5.41, 5.74) is 7.36. The fourth-order valence-corrected chi connectivity index (χ4v) is 2.36. The Hall–Kier alpha value is -2.37. The van der Waals surface area contributed by atoms with Crippen molar-refractivity contribution in [1.29, 1.82) is 0 Å². The predicted octanol–water partition coefficient (Wildman–Crippen LogP) is 1.09. The van der Waals surface area contributed by atoms with Gasteiger partial charge in [-0.05, 0) is 19.1 Å². The van der Waals surface area contributed by atoms with E-state index >= 15 is 0 Å². The summed E-state index contributed by atoms with van der Waals surface area (Å²) in [5.74, 6) is 1.99. The summed E-state index contributed by atoms with van der Waals surface area (Å²) >= 11 is 0. The minimum absolute atomic E-state index is 0.698. The number of aromatic nitrogens is 3. The summed E-state index contributed by atoms with van der Waals surface area (Å²) in [5, 5.41) is 0. The van der Waals surface area contributed by atoms with Crippen molar-refractivity contribution in [2.45, 2.75) is 6.92 Å². The molecule has 1 fully saturated rings. The summed E-state index contributed by atoms with van der Waals surface area (Å²) in [6.07, 6.45) is 3.33. The number of nitrogens with zero attached hydrogens (tertiary/aromatic N) is 5. The van der Waals surface area contributed by atoms with E-state index < -0.39 is 0 Å². The second kappa shape index (κ2) is 5.32. The summed E-state index contributed by atoms with van der Waals surface area (Å²) in [6, 6.07) is 5.89. The Morgan fingerprint density at radius 3 is 2.25 bits per heavy atom. The Morgan fingerprint density at radius 2 is 1.65 bits per heavy atom. The van der Waals surface area contributed by atoms with Gasteiger partial charge >= 0.3 is 0 Å². The van der Waals surface area contributed by atoms with Crippen LogP contribution in [0.3, 0.4) is 0 Å². The van der Waals surface area contributed by atoms with E-state index in [4.69, 9.17) is 5.73 Å². The van der Waals surface area contributed by atoms with Gasteiger partial charge < -0.3 is 15.5 Å². The quantitative estimate of drug-likeness (QED) is 0.880. The molecule has 6 heteroatoms. The van der Waals surface area contributed by atoms with Gasteiger partial charge in [-0.25, -0.2) is 15.0 Å². The van der Waals surface area contributed by atoms with Crippen LogP contribution in [-0.4, -0.2) is 41.1 Å². The molecule has 3 heterocycles. The molecule has 2 aromatic heterocycles. The number of hydrogen-bond acceptors (Lipinski definition) is 6. The molecule has 104 valence electrons. The molecule has 0 aromatic carbocycles. The van der Waals surface area contributed by atoms with Gasteiger partial charge in [0.1, 0.15) is 18.0 Å². The zero-order valence-corrected chi connectivity index (χ0v) is 11.5. The standard InChI is InChI=1S/C14H18N6/c1-11-8-14(18-10-17-11)20-6-4-19(5-7-20)13-3-2-12(15)9-16-13/h2-3,8-10H,4-7,15H2,1H3. The monoisotopic (exact) mass is 270 g/mol. The highest BCUT2D eigenvalue weighted by Gasteiger charge is 2.19. The third-order valence-corrected chi connectivity index (χ3v) is 3.49. The molecule has 0 spiro atoms. The van der Waals surface area contributed by atoms with Crippen molar-refractivity contribution >= 4 is 17.3 Å². The van der Waals surface area contributed by atoms with Gasteiger partial charge in [0.15, 0.2) is 0 Å². The van der Waals surface area contributed by atoms with Crippen LogP contribution in [0.15, 0.2) is 30.7 Å². The average molecular weight is 270 g/mol. The van der Waals surface area contributed by atoms with E-state index in [1.54, 1.807) is 12.5 Å². The van der Waals surface area contributed by atoms with Gasteiger partial charge in [-0.3, -0.25) is 0 Å². The maximum Gasteiger partial charge on any atom is 0.132 e. The Labute approximate surface area is 118 Å². The molecule has 2 N–H and O–H groups in total. The molecule has 2 aromatic rings. The predicted molar refractivity (Wildman–Crippen MR) is 79.8 cm³/mol. The van der Waals surface area contributed by atoms with Gasteiger partial charge in [-0.15, -0.1) is 0 Å². The fourth-order valence-electron chi connectivity index (χ4n) is 2.36. The normalized spacial score (nSPS) is 15.4. The van der Waals surface area contributed by atoms with E-state index in [0.29, 0.717) is 5.69 Å². The molecule has 1 saturated heterocycles. The molecule has 0 aliphatic carbocycles. The molecule has 20 heavy (non-hydrogen) atoms. The van der Waals surface area contributed by atoms with E-state index in [1.165, 1.54) is 0 Å². The highest BCUT2D eigenvalue weighted by atomic mass is 15.3. The number of nitrogens with two attached hydrogens (primary N) is 1. The lowest BCUT2D eigenvalue weighted by Crippen LogP contribution is -2.47. The summed E-state index contributed by atoms with van der Waals surface area (Å²) in [4.78, 5) is 17.4. The van der Waals surface area contributed by atoms with Crippen molar-refractivity contribution in [3.05, 3.63) is 36.4 Å². The van der Waals surface area contributed by atoms with Gasteiger partial charge in [0.05, 0.1) is 11.9 Å². The van der Waals surface area contributed by atoms with E-state index in [-0.39, 0.29) is 0 Å². The first-order valence-corrected chi connectivity index (χ1v) is 6.72. The number of anilines is 3.